The molecule has 0 aromatic heterocycles. The molecule has 0 amide bonds. The lowest BCUT2D eigenvalue weighted by molar-refractivity contribution is -0.187. The molecule has 0 saturated carbocycles. The maximum Gasteiger partial charge on any atom is 0.500 e. The number of carbonyl (C=O) groups excluding carboxylic acids is 1. The third-order valence-corrected chi connectivity index (χ3v) is 11.3. The van der Waals surface area contributed by atoms with Gasteiger partial charge in [-0.05, 0) is 42.5 Å². The molecule has 6 rings (SSSR count). The zero-order chi connectivity index (χ0) is 33.3. The van der Waals surface area contributed by atoms with Gasteiger partial charge in [-0.25, -0.2) is 0 Å². The lowest BCUT2D eigenvalue weighted by Gasteiger charge is -2.43. The average Bonchev–Trinajstić information content (AvgIpc) is 3.38. The summed E-state index contributed by atoms with van der Waals surface area (Å²) in [5, 5.41) is 0. The van der Waals surface area contributed by atoms with Crippen LogP contribution in [0.2, 0.25) is 6.55 Å². The van der Waals surface area contributed by atoms with E-state index in [0.29, 0.717) is 6.42 Å². The number of fused-ring (bicyclic) bond motifs is 1. The van der Waals surface area contributed by atoms with Crippen molar-refractivity contribution < 1.29 is 27.5 Å². The van der Waals surface area contributed by atoms with Gasteiger partial charge in [-0.1, -0.05) is 149 Å². The molecule has 3 atom stereocenters. The van der Waals surface area contributed by atoms with Crippen LogP contribution in [0.4, 0.5) is 0 Å². The van der Waals surface area contributed by atoms with Crippen LogP contribution in [0, 0.1) is 5.92 Å². The predicted octanol–water partition coefficient (Wildman–Crippen LogP) is 8.42. The summed E-state index contributed by atoms with van der Waals surface area (Å²) in [6.45, 7) is 11.7. The highest BCUT2D eigenvalue weighted by Crippen LogP contribution is 2.57. The molecule has 0 spiro atoms. The third kappa shape index (κ3) is 6.17. The molecule has 0 bridgehead atoms. The molecule has 2 saturated heterocycles. The molecular weight excluding hydrogens is 605 g/mol. The highest BCUT2D eigenvalue weighted by Gasteiger charge is 2.70. The first-order valence-corrected chi connectivity index (χ1v) is 19.0. The van der Waals surface area contributed by atoms with E-state index in [1.54, 1.807) is 0 Å². The van der Waals surface area contributed by atoms with Crippen molar-refractivity contribution in [3.05, 3.63) is 144 Å². The summed E-state index contributed by atoms with van der Waals surface area (Å²) in [7, 11) is -3.89. The SMILES string of the molecule is CCCC(O[Si]1(C)OC(c2ccccc2)(c2ccccc2)C2OC(C)(C)OC2C(c2ccccc2)(c2ccccc2)O1)C(=O)C(C)C. The van der Waals surface area contributed by atoms with Gasteiger partial charge in [0.1, 0.15) is 29.5 Å². The van der Waals surface area contributed by atoms with Gasteiger partial charge in [-0.3, -0.25) is 4.79 Å². The summed E-state index contributed by atoms with van der Waals surface area (Å²) in [6, 6.07) is 40.6. The van der Waals surface area contributed by atoms with E-state index in [0.717, 1.165) is 28.7 Å². The largest absolute Gasteiger partial charge is 0.500 e. The van der Waals surface area contributed by atoms with E-state index in [4.69, 9.17) is 22.8 Å². The number of rotatable bonds is 10. The van der Waals surface area contributed by atoms with E-state index in [9.17, 15) is 4.79 Å². The minimum absolute atomic E-state index is 0.0286. The summed E-state index contributed by atoms with van der Waals surface area (Å²) < 4.78 is 36.4. The number of carbonyl (C=O) groups is 1. The summed E-state index contributed by atoms with van der Waals surface area (Å²) in [5.74, 6) is -1.18. The zero-order valence-electron chi connectivity index (χ0n) is 28.2. The van der Waals surface area contributed by atoms with E-state index in [1.165, 1.54) is 0 Å². The molecule has 0 radical (unpaired) electrons. The number of ether oxygens (including phenoxy) is 2. The average molecular weight is 651 g/mol. The van der Waals surface area contributed by atoms with Gasteiger partial charge < -0.3 is 22.8 Å². The number of benzene rings is 4. The van der Waals surface area contributed by atoms with Crippen LogP contribution in [0.3, 0.4) is 0 Å². The molecule has 7 heteroatoms. The van der Waals surface area contributed by atoms with Gasteiger partial charge in [0.15, 0.2) is 11.6 Å². The van der Waals surface area contributed by atoms with Gasteiger partial charge in [0, 0.05) is 12.5 Å². The molecule has 2 fully saturated rings. The maximum atomic E-state index is 13.8. The monoisotopic (exact) mass is 650 g/mol. The molecule has 246 valence electrons. The molecular formula is C40H46O6Si. The number of Topliss-reactive ketones (excluding diaryl/α,β-unsaturated/α-hetero) is 1. The summed E-state index contributed by atoms with van der Waals surface area (Å²) in [4.78, 5) is 13.8. The standard InChI is InChI=1S/C40H46O6Si/c1-7-20-34(35(41)29(2)3)44-47(6)45-39(30-21-12-8-13-22-30,31-23-14-9-15-24-31)36-37(43-38(4,5)42-36)40(46-47,32-25-16-10-17-26-32)33-27-18-11-19-28-33/h8-19,21-29,34,36-37H,7,20H2,1-6H3. The highest BCUT2D eigenvalue weighted by molar-refractivity contribution is 6.59. The Bertz CT molecular complexity index is 1440. The van der Waals surface area contributed by atoms with Gasteiger partial charge in [0.05, 0.1) is 0 Å². The van der Waals surface area contributed by atoms with Crippen LogP contribution in [0.25, 0.3) is 0 Å². The fraction of sp³-hybridized carbons (Fsp3) is 0.375. The normalized spacial score (nSPS) is 25.1. The van der Waals surface area contributed by atoms with Crippen LogP contribution in [0.5, 0.6) is 0 Å². The molecule has 47 heavy (non-hydrogen) atoms. The minimum Gasteiger partial charge on any atom is -0.363 e. The van der Waals surface area contributed by atoms with Crippen molar-refractivity contribution in [3.8, 4) is 0 Å². The second kappa shape index (κ2) is 13.2. The Kier molecular flexibility index (Phi) is 9.42. The van der Waals surface area contributed by atoms with Crippen molar-refractivity contribution in [2.24, 2.45) is 5.92 Å². The Morgan fingerprint density at radius 3 is 1.32 bits per heavy atom. The second-order valence-corrected chi connectivity index (χ2v) is 15.8. The van der Waals surface area contributed by atoms with Crippen LogP contribution in [-0.4, -0.2) is 38.7 Å². The Morgan fingerprint density at radius 2 is 1.02 bits per heavy atom. The Balaban J connectivity index is 1.71. The maximum absolute atomic E-state index is 13.8. The van der Waals surface area contributed by atoms with E-state index in [1.807, 2.05) is 107 Å². The van der Waals surface area contributed by atoms with Crippen molar-refractivity contribution in [2.75, 3.05) is 0 Å². The second-order valence-electron chi connectivity index (χ2n) is 13.4. The van der Waals surface area contributed by atoms with E-state index < -0.39 is 44.1 Å². The molecule has 0 N–H and O–H groups in total. The summed E-state index contributed by atoms with van der Waals surface area (Å²) in [5.41, 5.74) is 1.07. The van der Waals surface area contributed by atoms with Crippen molar-refractivity contribution >= 4 is 14.6 Å². The van der Waals surface area contributed by atoms with Gasteiger partial charge in [-0.15, -0.1) is 0 Å². The van der Waals surface area contributed by atoms with Crippen LogP contribution < -0.4 is 0 Å². The molecule has 2 aliphatic rings. The first kappa shape index (κ1) is 33.5. The smallest absolute Gasteiger partial charge is 0.363 e. The quantitative estimate of drug-likeness (QED) is 0.161. The van der Waals surface area contributed by atoms with Crippen LogP contribution >= 0.6 is 0 Å². The van der Waals surface area contributed by atoms with Crippen LogP contribution in [0.1, 0.15) is 69.7 Å². The fourth-order valence-electron chi connectivity index (χ4n) is 7.25. The molecule has 4 aromatic carbocycles. The molecule has 6 nitrogen and oxygen atoms in total. The lowest BCUT2D eigenvalue weighted by Crippen LogP contribution is -2.56. The molecule has 2 aliphatic heterocycles. The minimum atomic E-state index is -3.89. The zero-order valence-corrected chi connectivity index (χ0v) is 29.2. The Morgan fingerprint density at radius 1 is 0.681 bits per heavy atom. The lowest BCUT2D eigenvalue weighted by atomic mass is 9.72. The van der Waals surface area contributed by atoms with Crippen molar-refractivity contribution in [2.45, 2.75) is 89.3 Å². The van der Waals surface area contributed by atoms with E-state index in [-0.39, 0.29) is 11.7 Å². The highest BCUT2D eigenvalue weighted by atomic mass is 28.4. The van der Waals surface area contributed by atoms with Crippen LogP contribution in [0.15, 0.2) is 121 Å². The molecule has 4 aromatic rings. The molecule has 3 unspecified atom stereocenters. The summed E-state index contributed by atoms with van der Waals surface area (Å²) in [6.07, 6.45) is -0.796. The van der Waals surface area contributed by atoms with Gasteiger partial charge >= 0.3 is 8.80 Å². The third-order valence-electron chi connectivity index (χ3n) is 9.19. The molecule has 2 heterocycles. The van der Waals surface area contributed by atoms with Crippen molar-refractivity contribution in [1.82, 2.24) is 0 Å². The van der Waals surface area contributed by atoms with Gasteiger partial charge in [0.2, 0.25) is 0 Å². The van der Waals surface area contributed by atoms with E-state index >= 15 is 0 Å². The topological polar surface area (TPSA) is 63.2 Å². The van der Waals surface area contributed by atoms with Gasteiger partial charge in [-0.2, -0.15) is 0 Å². The Labute approximate surface area is 280 Å². The summed E-state index contributed by atoms with van der Waals surface area (Å²) >= 11 is 0. The number of hydrogen-bond acceptors (Lipinski definition) is 6. The van der Waals surface area contributed by atoms with Crippen LogP contribution in [-0.2, 0) is 38.7 Å². The van der Waals surface area contributed by atoms with Crippen molar-refractivity contribution in [3.63, 3.8) is 0 Å². The predicted molar refractivity (Wildman–Crippen MR) is 185 cm³/mol. The first-order valence-electron chi connectivity index (χ1n) is 16.7. The van der Waals surface area contributed by atoms with E-state index in [2.05, 4.69) is 55.5 Å². The number of hydrogen-bond donors (Lipinski definition) is 0. The molecule has 0 aliphatic carbocycles. The number of ketones is 1. The van der Waals surface area contributed by atoms with Gasteiger partial charge in [0.25, 0.3) is 0 Å². The van der Waals surface area contributed by atoms with Crippen molar-refractivity contribution in [1.29, 1.82) is 0 Å². The fourth-order valence-corrected chi connectivity index (χ4v) is 10.0. The Hall–Kier alpha value is -3.43. The first-order chi connectivity index (χ1) is 22.5.